The second-order valence-electron chi connectivity index (χ2n) is 7.61. The molecule has 1 aromatic heterocycles. The first-order chi connectivity index (χ1) is 15.7. The molecule has 5 aromatic rings. The molecule has 0 aliphatic heterocycles. The van der Waals surface area contributed by atoms with Gasteiger partial charge in [0, 0.05) is 10.9 Å². The van der Waals surface area contributed by atoms with Gasteiger partial charge in [-0.05, 0) is 41.5 Å². The highest BCUT2D eigenvalue weighted by Crippen LogP contribution is 2.33. The third kappa shape index (κ3) is 3.86. The van der Waals surface area contributed by atoms with E-state index in [9.17, 15) is 9.90 Å². The van der Waals surface area contributed by atoms with E-state index in [0.29, 0.717) is 22.5 Å². The summed E-state index contributed by atoms with van der Waals surface area (Å²) in [5.74, 6) is 0.519. The Morgan fingerprint density at radius 2 is 1.38 bits per heavy atom. The van der Waals surface area contributed by atoms with Gasteiger partial charge in [-0.1, -0.05) is 78.9 Å². The van der Waals surface area contributed by atoms with Gasteiger partial charge in [-0.15, -0.1) is 0 Å². The van der Waals surface area contributed by atoms with Crippen molar-refractivity contribution < 1.29 is 14.3 Å². The summed E-state index contributed by atoms with van der Waals surface area (Å²) < 4.78 is 5.96. The molecule has 5 rings (SSSR count). The summed E-state index contributed by atoms with van der Waals surface area (Å²) >= 11 is 0. The Morgan fingerprint density at radius 3 is 2.03 bits per heavy atom. The van der Waals surface area contributed by atoms with Gasteiger partial charge in [0.25, 0.3) is 5.91 Å². The molecular weight excluding hydrogens is 398 g/mol. The van der Waals surface area contributed by atoms with Crippen molar-refractivity contribution in [2.75, 3.05) is 0 Å². The minimum Gasteiger partial charge on any atom is -0.507 e. The number of phenolic OH excluding ortho intramolecular Hbond substituents is 1. The molecule has 1 heterocycles. The molecule has 0 bridgehead atoms. The lowest BCUT2D eigenvalue weighted by atomic mass is 9.98. The Kier molecular flexibility index (Phi) is 5.18. The monoisotopic (exact) mass is 419 g/mol. The Balaban J connectivity index is 1.46. The van der Waals surface area contributed by atoms with Crippen LogP contribution in [0, 0.1) is 0 Å². The first-order valence-electron chi connectivity index (χ1n) is 10.4. The molecule has 4 heteroatoms. The highest BCUT2D eigenvalue weighted by Gasteiger charge is 2.19. The lowest BCUT2D eigenvalue weighted by Gasteiger charge is -2.20. The number of carbonyl (C=O) groups is 1. The molecule has 4 aromatic carbocycles. The van der Waals surface area contributed by atoms with E-state index < -0.39 is 0 Å². The van der Waals surface area contributed by atoms with Crippen molar-refractivity contribution in [1.82, 2.24) is 5.32 Å². The third-order valence-corrected chi connectivity index (χ3v) is 5.49. The number of para-hydroxylation sites is 1. The lowest BCUT2D eigenvalue weighted by molar-refractivity contribution is 0.0943. The number of rotatable bonds is 5. The van der Waals surface area contributed by atoms with Gasteiger partial charge in [-0.25, -0.2) is 0 Å². The SMILES string of the molecule is O=C(NC(c1ccccc1)c1ccccc1)c1ccc2cc(-c3ccccc3O)oc2c1. The van der Waals surface area contributed by atoms with Gasteiger partial charge in [0.15, 0.2) is 0 Å². The molecule has 2 N–H and O–H groups in total. The van der Waals surface area contributed by atoms with E-state index in [1.54, 1.807) is 30.3 Å². The summed E-state index contributed by atoms with van der Waals surface area (Å²) in [6.45, 7) is 0. The largest absolute Gasteiger partial charge is 0.507 e. The second-order valence-corrected chi connectivity index (χ2v) is 7.61. The summed E-state index contributed by atoms with van der Waals surface area (Å²) in [6, 6.07) is 33.8. The summed E-state index contributed by atoms with van der Waals surface area (Å²) in [5.41, 5.74) is 3.73. The molecule has 0 saturated heterocycles. The molecule has 0 spiro atoms. The van der Waals surface area contributed by atoms with E-state index >= 15 is 0 Å². The quantitative estimate of drug-likeness (QED) is 0.350. The van der Waals surface area contributed by atoms with Crippen molar-refractivity contribution in [2.45, 2.75) is 6.04 Å². The first kappa shape index (κ1) is 19.6. The maximum atomic E-state index is 13.2. The van der Waals surface area contributed by atoms with E-state index in [0.717, 1.165) is 16.5 Å². The van der Waals surface area contributed by atoms with Crippen molar-refractivity contribution in [3.8, 4) is 17.1 Å². The number of phenols is 1. The van der Waals surface area contributed by atoms with Gasteiger partial charge in [-0.2, -0.15) is 0 Å². The molecule has 4 nitrogen and oxygen atoms in total. The van der Waals surface area contributed by atoms with Crippen molar-refractivity contribution in [2.24, 2.45) is 0 Å². The third-order valence-electron chi connectivity index (χ3n) is 5.49. The van der Waals surface area contributed by atoms with Gasteiger partial charge < -0.3 is 14.8 Å². The number of nitrogens with one attached hydrogen (secondary N) is 1. The highest BCUT2D eigenvalue weighted by molar-refractivity contribution is 5.98. The highest BCUT2D eigenvalue weighted by atomic mass is 16.3. The Bertz CT molecular complexity index is 1330. The van der Waals surface area contributed by atoms with Crippen LogP contribution in [-0.4, -0.2) is 11.0 Å². The van der Waals surface area contributed by atoms with Crippen molar-refractivity contribution in [1.29, 1.82) is 0 Å². The fourth-order valence-electron chi connectivity index (χ4n) is 3.85. The fourth-order valence-corrected chi connectivity index (χ4v) is 3.85. The van der Waals surface area contributed by atoms with Crippen molar-refractivity contribution in [3.63, 3.8) is 0 Å². The van der Waals surface area contributed by atoms with Crippen LogP contribution in [-0.2, 0) is 0 Å². The Labute approximate surface area is 185 Å². The number of amides is 1. The molecule has 0 aliphatic rings. The van der Waals surface area contributed by atoms with Gasteiger partial charge in [0.05, 0.1) is 11.6 Å². The van der Waals surface area contributed by atoms with Crippen LogP contribution < -0.4 is 5.32 Å². The zero-order chi connectivity index (χ0) is 21.9. The Morgan fingerprint density at radius 1 is 0.750 bits per heavy atom. The molecule has 0 aliphatic carbocycles. The summed E-state index contributed by atoms with van der Waals surface area (Å²) in [7, 11) is 0. The number of fused-ring (bicyclic) bond motifs is 1. The number of carbonyl (C=O) groups excluding carboxylic acids is 1. The minimum atomic E-state index is -0.269. The molecule has 156 valence electrons. The van der Waals surface area contributed by atoms with Gasteiger partial charge in [0.2, 0.25) is 0 Å². The normalized spacial score (nSPS) is 11.0. The average molecular weight is 419 g/mol. The molecule has 0 atom stereocenters. The van der Waals surface area contributed by atoms with Crippen LogP contribution >= 0.6 is 0 Å². The van der Waals surface area contributed by atoms with Crippen LogP contribution in [0.2, 0.25) is 0 Å². The minimum absolute atomic E-state index is 0.151. The standard InChI is InChI=1S/C28H21NO3/c30-24-14-8-7-13-23(24)26-17-21-15-16-22(18-25(21)32-26)28(31)29-27(19-9-3-1-4-10-19)20-11-5-2-6-12-20/h1-18,27,30H,(H,29,31). The molecule has 0 radical (unpaired) electrons. The zero-order valence-corrected chi connectivity index (χ0v) is 17.2. The van der Waals surface area contributed by atoms with Crippen LogP contribution in [0.25, 0.3) is 22.3 Å². The lowest BCUT2D eigenvalue weighted by Crippen LogP contribution is -2.29. The number of benzene rings is 4. The van der Waals surface area contributed by atoms with Crippen LogP contribution in [0.15, 0.2) is 114 Å². The molecule has 0 saturated carbocycles. The van der Waals surface area contributed by atoms with Crippen LogP contribution in [0.1, 0.15) is 27.5 Å². The van der Waals surface area contributed by atoms with E-state index in [1.807, 2.05) is 78.9 Å². The van der Waals surface area contributed by atoms with Crippen molar-refractivity contribution >= 4 is 16.9 Å². The number of furan rings is 1. The van der Waals surface area contributed by atoms with Gasteiger partial charge in [0.1, 0.15) is 17.1 Å². The zero-order valence-electron chi connectivity index (χ0n) is 17.2. The topological polar surface area (TPSA) is 62.5 Å². The van der Waals surface area contributed by atoms with E-state index in [4.69, 9.17) is 4.42 Å². The van der Waals surface area contributed by atoms with Gasteiger partial charge >= 0.3 is 0 Å². The first-order valence-corrected chi connectivity index (χ1v) is 10.4. The fraction of sp³-hybridized carbons (Fsp3) is 0.0357. The van der Waals surface area contributed by atoms with Crippen LogP contribution in [0.4, 0.5) is 0 Å². The van der Waals surface area contributed by atoms with E-state index in [1.165, 1.54) is 0 Å². The Hall–Kier alpha value is -4.31. The molecule has 0 unspecified atom stereocenters. The molecular formula is C28H21NO3. The van der Waals surface area contributed by atoms with E-state index in [2.05, 4.69) is 5.32 Å². The number of hydrogen-bond donors (Lipinski definition) is 2. The summed E-state index contributed by atoms with van der Waals surface area (Å²) in [5, 5.41) is 14.1. The summed E-state index contributed by atoms with van der Waals surface area (Å²) in [4.78, 5) is 13.2. The smallest absolute Gasteiger partial charge is 0.252 e. The maximum Gasteiger partial charge on any atom is 0.252 e. The molecule has 32 heavy (non-hydrogen) atoms. The summed E-state index contributed by atoms with van der Waals surface area (Å²) in [6.07, 6.45) is 0. The number of hydrogen-bond acceptors (Lipinski definition) is 3. The predicted molar refractivity (Wildman–Crippen MR) is 126 cm³/mol. The predicted octanol–water partition coefficient (Wildman–Crippen LogP) is 6.32. The molecule has 0 fully saturated rings. The maximum absolute atomic E-state index is 13.2. The van der Waals surface area contributed by atoms with Gasteiger partial charge in [-0.3, -0.25) is 4.79 Å². The van der Waals surface area contributed by atoms with Crippen molar-refractivity contribution in [3.05, 3.63) is 126 Å². The molecule has 1 amide bonds. The van der Waals surface area contributed by atoms with Crippen LogP contribution in [0.5, 0.6) is 5.75 Å². The van der Waals surface area contributed by atoms with Crippen LogP contribution in [0.3, 0.4) is 0 Å². The second kappa shape index (κ2) is 8.44. The number of aromatic hydroxyl groups is 1. The van der Waals surface area contributed by atoms with E-state index in [-0.39, 0.29) is 17.7 Å². The average Bonchev–Trinajstić information content (AvgIpc) is 3.27.